The first kappa shape index (κ1) is 13.4. The van der Waals surface area contributed by atoms with Gasteiger partial charge in [-0.3, -0.25) is 0 Å². The van der Waals surface area contributed by atoms with Gasteiger partial charge in [0, 0.05) is 25.4 Å². The molecule has 20 heavy (non-hydrogen) atoms. The zero-order chi connectivity index (χ0) is 14.2. The number of carboxylic acid groups (broad SMARTS) is 1. The van der Waals surface area contributed by atoms with Gasteiger partial charge in [0.1, 0.15) is 5.75 Å². The standard InChI is InChI=1S/C16H20O4/c1-11-4-5-13(12-3-2-8-19-10-12)14(9-11)20-16(6-7-16)15(17)18/h4-5,9,12H,2-3,6-8,10H2,1H3,(H,17,18). The lowest BCUT2D eigenvalue weighted by atomic mass is 9.92. The van der Waals surface area contributed by atoms with Crippen molar-refractivity contribution < 1.29 is 19.4 Å². The fraction of sp³-hybridized carbons (Fsp3) is 0.562. The van der Waals surface area contributed by atoms with Crippen LogP contribution >= 0.6 is 0 Å². The van der Waals surface area contributed by atoms with E-state index in [4.69, 9.17) is 9.47 Å². The Labute approximate surface area is 118 Å². The van der Waals surface area contributed by atoms with Gasteiger partial charge in [-0.15, -0.1) is 0 Å². The molecule has 1 saturated carbocycles. The molecule has 0 amide bonds. The van der Waals surface area contributed by atoms with Crippen molar-refractivity contribution in [2.24, 2.45) is 0 Å². The van der Waals surface area contributed by atoms with E-state index in [2.05, 4.69) is 12.1 Å². The summed E-state index contributed by atoms with van der Waals surface area (Å²) in [4.78, 5) is 11.3. The van der Waals surface area contributed by atoms with Crippen LogP contribution in [0.25, 0.3) is 0 Å². The molecular weight excluding hydrogens is 256 g/mol. The number of carbonyl (C=O) groups is 1. The third kappa shape index (κ3) is 2.52. The molecule has 0 bridgehead atoms. The Bertz CT molecular complexity index is 513. The van der Waals surface area contributed by atoms with Gasteiger partial charge in [-0.1, -0.05) is 12.1 Å². The molecule has 2 aliphatic rings. The number of benzene rings is 1. The van der Waals surface area contributed by atoms with Crippen LogP contribution in [-0.2, 0) is 9.53 Å². The minimum Gasteiger partial charge on any atom is -0.478 e. The van der Waals surface area contributed by atoms with Gasteiger partial charge >= 0.3 is 5.97 Å². The van der Waals surface area contributed by atoms with Crippen LogP contribution in [0.3, 0.4) is 0 Å². The van der Waals surface area contributed by atoms with Crippen molar-refractivity contribution in [3.05, 3.63) is 29.3 Å². The molecule has 1 aliphatic carbocycles. The first-order valence-electron chi connectivity index (χ1n) is 7.21. The van der Waals surface area contributed by atoms with Gasteiger partial charge in [-0.05, 0) is 37.0 Å². The fourth-order valence-electron chi connectivity index (χ4n) is 2.74. The highest BCUT2D eigenvalue weighted by Gasteiger charge is 2.53. The average molecular weight is 276 g/mol. The number of carboxylic acids is 1. The van der Waals surface area contributed by atoms with Crippen molar-refractivity contribution in [3.8, 4) is 5.75 Å². The summed E-state index contributed by atoms with van der Waals surface area (Å²) in [5, 5.41) is 9.29. The van der Waals surface area contributed by atoms with Crippen molar-refractivity contribution in [1.29, 1.82) is 0 Å². The van der Waals surface area contributed by atoms with Gasteiger partial charge in [0.05, 0.1) is 6.61 Å². The van der Waals surface area contributed by atoms with Crippen molar-refractivity contribution >= 4 is 5.97 Å². The lowest BCUT2D eigenvalue weighted by Gasteiger charge is -2.26. The molecule has 108 valence electrons. The maximum Gasteiger partial charge on any atom is 0.348 e. The average Bonchev–Trinajstić information content (AvgIpc) is 3.21. The van der Waals surface area contributed by atoms with E-state index < -0.39 is 11.6 Å². The Balaban J connectivity index is 1.88. The molecular formula is C16H20O4. The van der Waals surface area contributed by atoms with Crippen molar-refractivity contribution in [2.45, 2.75) is 44.1 Å². The molecule has 1 heterocycles. The summed E-state index contributed by atoms with van der Waals surface area (Å²) < 4.78 is 11.4. The van der Waals surface area contributed by atoms with Crippen LogP contribution in [0, 0.1) is 6.92 Å². The molecule has 0 aromatic heterocycles. The monoisotopic (exact) mass is 276 g/mol. The summed E-state index contributed by atoms with van der Waals surface area (Å²) in [6.07, 6.45) is 3.30. The molecule has 4 heteroatoms. The first-order chi connectivity index (χ1) is 9.61. The summed E-state index contributed by atoms with van der Waals surface area (Å²) in [7, 11) is 0. The molecule has 1 aromatic rings. The predicted molar refractivity (Wildman–Crippen MR) is 74.2 cm³/mol. The van der Waals surface area contributed by atoms with Gasteiger partial charge in [0.25, 0.3) is 0 Å². The Hall–Kier alpha value is -1.55. The van der Waals surface area contributed by atoms with Crippen LogP contribution in [0.5, 0.6) is 5.75 Å². The molecule has 3 rings (SSSR count). The van der Waals surface area contributed by atoms with Crippen molar-refractivity contribution in [1.82, 2.24) is 0 Å². The molecule has 1 atom stereocenters. The predicted octanol–water partition coefficient (Wildman–Crippen LogP) is 2.89. The number of aliphatic carboxylic acids is 1. The van der Waals surface area contributed by atoms with Crippen LogP contribution in [0.15, 0.2) is 18.2 Å². The minimum absolute atomic E-state index is 0.309. The quantitative estimate of drug-likeness (QED) is 0.918. The van der Waals surface area contributed by atoms with Gasteiger partial charge in [0.2, 0.25) is 5.60 Å². The van der Waals surface area contributed by atoms with Crippen LogP contribution in [0.2, 0.25) is 0 Å². The second-order valence-corrected chi connectivity index (χ2v) is 5.86. The summed E-state index contributed by atoms with van der Waals surface area (Å²) in [5.41, 5.74) is 1.18. The van der Waals surface area contributed by atoms with E-state index in [1.54, 1.807) is 0 Å². The minimum atomic E-state index is -0.988. The second kappa shape index (κ2) is 5.09. The zero-order valence-corrected chi connectivity index (χ0v) is 11.7. The summed E-state index contributed by atoms with van der Waals surface area (Å²) in [6, 6.07) is 6.06. The molecule has 0 radical (unpaired) electrons. The molecule has 0 spiro atoms. The fourth-order valence-corrected chi connectivity index (χ4v) is 2.74. The van der Waals surface area contributed by atoms with Crippen molar-refractivity contribution in [2.75, 3.05) is 13.2 Å². The highest BCUT2D eigenvalue weighted by Crippen LogP contribution is 2.43. The van der Waals surface area contributed by atoms with Gasteiger partial charge in [0.15, 0.2) is 0 Å². The van der Waals surface area contributed by atoms with Gasteiger partial charge < -0.3 is 14.6 Å². The number of hydrogen-bond donors (Lipinski definition) is 1. The Morgan fingerprint density at radius 3 is 2.85 bits per heavy atom. The number of aryl methyl sites for hydroxylation is 1. The smallest absolute Gasteiger partial charge is 0.348 e. The Kier molecular flexibility index (Phi) is 3.42. The van der Waals surface area contributed by atoms with Gasteiger partial charge in [-0.2, -0.15) is 0 Å². The molecule has 1 aliphatic heterocycles. The first-order valence-corrected chi connectivity index (χ1v) is 7.21. The van der Waals surface area contributed by atoms with Gasteiger partial charge in [-0.25, -0.2) is 4.79 Å². The van der Waals surface area contributed by atoms with E-state index in [1.807, 2.05) is 13.0 Å². The molecule has 1 unspecified atom stereocenters. The van der Waals surface area contributed by atoms with E-state index in [1.165, 1.54) is 0 Å². The maximum absolute atomic E-state index is 11.3. The van der Waals surface area contributed by atoms with Crippen molar-refractivity contribution in [3.63, 3.8) is 0 Å². The highest BCUT2D eigenvalue weighted by molar-refractivity contribution is 5.81. The highest BCUT2D eigenvalue weighted by atomic mass is 16.5. The molecule has 1 N–H and O–H groups in total. The van der Waals surface area contributed by atoms with E-state index in [9.17, 15) is 9.90 Å². The third-order valence-corrected chi connectivity index (χ3v) is 4.17. The second-order valence-electron chi connectivity index (χ2n) is 5.86. The van der Waals surface area contributed by atoms with Crippen LogP contribution in [0.4, 0.5) is 0 Å². The Morgan fingerprint density at radius 2 is 2.25 bits per heavy atom. The van der Waals surface area contributed by atoms with E-state index in [-0.39, 0.29) is 0 Å². The molecule has 2 fully saturated rings. The van der Waals surface area contributed by atoms with Crippen LogP contribution in [-0.4, -0.2) is 29.9 Å². The lowest BCUT2D eigenvalue weighted by Crippen LogP contribution is -2.30. The van der Waals surface area contributed by atoms with E-state index in [0.29, 0.717) is 25.4 Å². The Morgan fingerprint density at radius 1 is 1.45 bits per heavy atom. The van der Waals surface area contributed by atoms with Crippen LogP contribution in [0.1, 0.15) is 42.7 Å². The number of hydrogen-bond acceptors (Lipinski definition) is 3. The largest absolute Gasteiger partial charge is 0.478 e. The number of rotatable bonds is 4. The summed E-state index contributed by atoms with van der Waals surface area (Å²) in [5.74, 6) is 0.175. The summed E-state index contributed by atoms with van der Waals surface area (Å²) >= 11 is 0. The lowest BCUT2D eigenvalue weighted by molar-refractivity contribution is -0.147. The third-order valence-electron chi connectivity index (χ3n) is 4.17. The van der Waals surface area contributed by atoms with E-state index in [0.717, 1.165) is 36.3 Å². The summed E-state index contributed by atoms with van der Waals surface area (Å²) in [6.45, 7) is 3.51. The molecule has 1 saturated heterocycles. The topological polar surface area (TPSA) is 55.8 Å². The maximum atomic E-state index is 11.3. The molecule has 4 nitrogen and oxygen atoms in total. The molecule has 1 aromatic carbocycles. The number of ether oxygens (including phenoxy) is 2. The van der Waals surface area contributed by atoms with Crippen LogP contribution < -0.4 is 4.74 Å². The normalized spacial score (nSPS) is 24.1. The SMILES string of the molecule is Cc1ccc(C2CCCOC2)c(OC2(C(=O)O)CC2)c1. The van der Waals surface area contributed by atoms with E-state index >= 15 is 0 Å². The zero-order valence-electron chi connectivity index (χ0n) is 11.7.